The van der Waals surface area contributed by atoms with Gasteiger partial charge in [0.25, 0.3) is 0 Å². The topological polar surface area (TPSA) is 65.7 Å². The van der Waals surface area contributed by atoms with Crippen LogP contribution >= 0.6 is 0 Å². The summed E-state index contributed by atoms with van der Waals surface area (Å²) >= 11 is 0. The van der Waals surface area contributed by atoms with Crippen LogP contribution in [0.5, 0.6) is 5.75 Å². The number of methoxy groups -OCH3 is 1. The molecule has 1 heterocycles. The summed E-state index contributed by atoms with van der Waals surface area (Å²) in [5.74, 6) is -0.202. The average Bonchev–Trinajstić information content (AvgIpc) is 2.64. The average molecular weight is 356 g/mol. The molecule has 5 nitrogen and oxygen atoms in total. The minimum absolute atomic E-state index is 0.0246. The van der Waals surface area contributed by atoms with Crippen molar-refractivity contribution in [3.63, 3.8) is 0 Å². The Hall–Kier alpha value is -2.62. The Morgan fingerprint density at radius 2 is 2.00 bits per heavy atom. The summed E-state index contributed by atoms with van der Waals surface area (Å²) in [6.45, 7) is 2.05. The van der Waals surface area contributed by atoms with Crippen LogP contribution in [0.2, 0.25) is 0 Å². The lowest BCUT2D eigenvalue weighted by Gasteiger charge is -2.44. The number of benzene rings is 2. The van der Waals surface area contributed by atoms with Crippen molar-refractivity contribution in [2.75, 3.05) is 38.4 Å². The Balaban J connectivity index is 1.86. The van der Waals surface area contributed by atoms with Crippen molar-refractivity contribution >= 4 is 5.69 Å². The summed E-state index contributed by atoms with van der Waals surface area (Å²) < 4.78 is 24.3. The number of anilines is 1. The van der Waals surface area contributed by atoms with Crippen molar-refractivity contribution in [3.05, 3.63) is 59.4 Å². The second kappa shape index (κ2) is 7.73. The monoisotopic (exact) mass is 356 g/mol. The van der Waals surface area contributed by atoms with Gasteiger partial charge in [0.05, 0.1) is 44.0 Å². The first-order chi connectivity index (χ1) is 12.6. The molecule has 0 radical (unpaired) electrons. The predicted molar refractivity (Wildman–Crippen MR) is 95.5 cm³/mol. The van der Waals surface area contributed by atoms with Gasteiger partial charge in [0.1, 0.15) is 0 Å². The number of ether oxygens (including phenoxy) is 2. The number of hydrogen-bond acceptors (Lipinski definition) is 5. The van der Waals surface area contributed by atoms with E-state index in [-0.39, 0.29) is 17.8 Å². The number of halogens is 1. The largest absolute Gasteiger partial charge is 0.494 e. The van der Waals surface area contributed by atoms with Gasteiger partial charge in [-0.25, -0.2) is 4.39 Å². The molecule has 0 aliphatic carbocycles. The number of rotatable bonds is 7. The van der Waals surface area contributed by atoms with E-state index in [0.29, 0.717) is 31.9 Å². The van der Waals surface area contributed by atoms with E-state index in [0.717, 1.165) is 11.3 Å². The van der Waals surface area contributed by atoms with E-state index < -0.39 is 5.82 Å². The molecule has 2 aromatic carbocycles. The molecule has 136 valence electrons. The Bertz CT molecular complexity index is 792. The molecular weight excluding hydrogens is 335 g/mol. The van der Waals surface area contributed by atoms with Crippen LogP contribution in [0.3, 0.4) is 0 Å². The van der Waals surface area contributed by atoms with Gasteiger partial charge in [0, 0.05) is 18.8 Å². The molecule has 0 amide bonds. The minimum atomic E-state index is -0.409. The molecule has 3 rings (SSSR count). The van der Waals surface area contributed by atoms with Crippen molar-refractivity contribution in [1.29, 1.82) is 5.26 Å². The molecule has 1 saturated heterocycles. The summed E-state index contributed by atoms with van der Waals surface area (Å²) in [6.07, 6.45) is 0. The van der Waals surface area contributed by atoms with Crippen molar-refractivity contribution < 1.29 is 19.0 Å². The second-order valence-corrected chi connectivity index (χ2v) is 6.63. The first-order valence-corrected chi connectivity index (χ1v) is 8.35. The lowest BCUT2D eigenvalue weighted by atomic mass is 9.86. The van der Waals surface area contributed by atoms with Gasteiger partial charge in [-0.2, -0.15) is 5.26 Å². The summed E-state index contributed by atoms with van der Waals surface area (Å²) in [6, 6.07) is 14.2. The third-order valence-corrected chi connectivity index (χ3v) is 4.63. The highest BCUT2D eigenvalue weighted by Gasteiger charge is 2.39. The summed E-state index contributed by atoms with van der Waals surface area (Å²) in [4.78, 5) is 2.07. The molecule has 0 spiro atoms. The number of aliphatic hydroxyl groups excluding tert-OH is 1. The summed E-state index contributed by atoms with van der Waals surface area (Å²) in [5.41, 5.74) is 1.95. The lowest BCUT2D eigenvalue weighted by Crippen LogP contribution is -2.53. The maximum Gasteiger partial charge on any atom is 0.165 e. The molecule has 1 aliphatic heterocycles. The first-order valence-electron chi connectivity index (χ1n) is 8.35. The molecule has 0 unspecified atom stereocenters. The number of nitrogens with zero attached hydrogens (tertiary/aromatic N) is 2. The van der Waals surface area contributed by atoms with E-state index >= 15 is 0 Å². The Labute approximate surface area is 152 Å². The smallest absolute Gasteiger partial charge is 0.165 e. The molecule has 26 heavy (non-hydrogen) atoms. The fraction of sp³-hybridized carbons (Fsp3) is 0.350. The molecule has 1 fully saturated rings. The molecule has 0 bridgehead atoms. The summed E-state index contributed by atoms with van der Waals surface area (Å²) in [7, 11) is 1.43. The lowest BCUT2D eigenvalue weighted by molar-refractivity contribution is -0.131. The van der Waals surface area contributed by atoms with Crippen molar-refractivity contribution in [1.82, 2.24) is 0 Å². The first kappa shape index (κ1) is 18.2. The van der Waals surface area contributed by atoms with Crippen LogP contribution in [0, 0.1) is 22.6 Å². The van der Waals surface area contributed by atoms with E-state index in [1.807, 2.05) is 18.2 Å². The van der Waals surface area contributed by atoms with Gasteiger partial charge in [0.2, 0.25) is 0 Å². The van der Waals surface area contributed by atoms with Crippen LogP contribution in [-0.4, -0.2) is 38.6 Å². The third kappa shape index (κ3) is 3.79. The van der Waals surface area contributed by atoms with Crippen molar-refractivity contribution in [2.24, 2.45) is 5.41 Å². The maximum atomic E-state index is 14.0. The Morgan fingerprint density at radius 3 is 2.50 bits per heavy atom. The SMILES string of the molecule is COc1ccc(CN(CC2(CO)COC2)c2ccc(C#N)cc2)cc1F. The Morgan fingerprint density at radius 1 is 1.27 bits per heavy atom. The fourth-order valence-corrected chi connectivity index (χ4v) is 3.04. The van der Waals surface area contributed by atoms with E-state index in [4.69, 9.17) is 14.7 Å². The normalized spacial score (nSPS) is 15.0. The number of nitriles is 1. The molecule has 0 aromatic heterocycles. The van der Waals surface area contributed by atoms with Gasteiger partial charge in [-0.3, -0.25) is 0 Å². The molecule has 0 atom stereocenters. The second-order valence-electron chi connectivity index (χ2n) is 6.63. The van der Waals surface area contributed by atoms with Crippen molar-refractivity contribution in [3.8, 4) is 11.8 Å². The minimum Gasteiger partial charge on any atom is -0.494 e. The van der Waals surface area contributed by atoms with Crippen LogP contribution < -0.4 is 9.64 Å². The standard InChI is InChI=1S/C20H21FN2O3/c1-25-19-7-4-16(8-18(19)21)10-23(11-20(12-24)13-26-14-20)17-5-2-15(9-22)3-6-17/h2-8,24H,10-14H2,1H3. The highest BCUT2D eigenvalue weighted by Crippen LogP contribution is 2.31. The van der Waals surface area contributed by atoms with Crippen LogP contribution in [0.15, 0.2) is 42.5 Å². The molecule has 1 N–H and O–H groups in total. The van der Waals surface area contributed by atoms with Crippen LogP contribution in [0.4, 0.5) is 10.1 Å². The van der Waals surface area contributed by atoms with Crippen molar-refractivity contribution in [2.45, 2.75) is 6.54 Å². The van der Waals surface area contributed by atoms with Gasteiger partial charge < -0.3 is 19.5 Å². The highest BCUT2D eigenvalue weighted by atomic mass is 19.1. The van der Waals surface area contributed by atoms with E-state index in [9.17, 15) is 9.50 Å². The summed E-state index contributed by atoms with van der Waals surface area (Å²) in [5, 5.41) is 18.8. The van der Waals surface area contributed by atoms with Crippen LogP contribution in [-0.2, 0) is 11.3 Å². The van der Waals surface area contributed by atoms with E-state index in [1.165, 1.54) is 13.2 Å². The van der Waals surface area contributed by atoms with Gasteiger partial charge in [-0.05, 0) is 42.0 Å². The van der Waals surface area contributed by atoms with Gasteiger partial charge in [-0.1, -0.05) is 6.07 Å². The fourth-order valence-electron chi connectivity index (χ4n) is 3.04. The third-order valence-electron chi connectivity index (χ3n) is 4.63. The Kier molecular flexibility index (Phi) is 5.40. The van der Waals surface area contributed by atoms with Gasteiger partial charge in [0.15, 0.2) is 11.6 Å². The van der Waals surface area contributed by atoms with Gasteiger partial charge in [-0.15, -0.1) is 0 Å². The van der Waals surface area contributed by atoms with E-state index in [1.54, 1.807) is 18.2 Å². The number of aliphatic hydroxyl groups is 1. The molecule has 6 heteroatoms. The zero-order valence-electron chi connectivity index (χ0n) is 14.6. The molecule has 0 saturated carbocycles. The quantitative estimate of drug-likeness (QED) is 0.826. The predicted octanol–water partition coefficient (Wildman–Crippen LogP) is 2.72. The highest BCUT2D eigenvalue weighted by molar-refractivity contribution is 5.50. The number of hydrogen-bond donors (Lipinski definition) is 1. The van der Waals surface area contributed by atoms with Gasteiger partial charge >= 0.3 is 0 Å². The maximum absolute atomic E-state index is 14.0. The molecule has 1 aliphatic rings. The zero-order valence-corrected chi connectivity index (χ0v) is 14.6. The zero-order chi connectivity index (χ0) is 18.6. The van der Waals surface area contributed by atoms with Crippen LogP contribution in [0.1, 0.15) is 11.1 Å². The van der Waals surface area contributed by atoms with Crippen LogP contribution in [0.25, 0.3) is 0 Å². The molecule has 2 aromatic rings. The molecular formula is C20H21FN2O3. The van der Waals surface area contributed by atoms with E-state index in [2.05, 4.69) is 11.0 Å².